The van der Waals surface area contributed by atoms with Gasteiger partial charge in [-0.25, -0.2) is 0 Å². The first-order valence-electron chi connectivity index (χ1n) is 5.89. The molecule has 1 aromatic heterocycles. The maximum Gasteiger partial charge on any atom is 0.0537 e. The van der Waals surface area contributed by atoms with E-state index in [1.54, 1.807) is 0 Å². The number of aromatic nitrogens is 2. The zero-order valence-corrected chi connectivity index (χ0v) is 10.4. The van der Waals surface area contributed by atoms with E-state index in [2.05, 4.69) is 42.8 Å². The van der Waals surface area contributed by atoms with Crippen molar-refractivity contribution in [3.05, 3.63) is 17.5 Å². The van der Waals surface area contributed by atoms with E-state index in [-0.39, 0.29) is 0 Å². The van der Waals surface area contributed by atoms with E-state index < -0.39 is 0 Å². The Hall–Kier alpha value is -0.830. The smallest absolute Gasteiger partial charge is 0.0537 e. The van der Waals surface area contributed by atoms with Crippen LogP contribution in [-0.4, -0.2) is 15.8 Å². The number of hydrogen-bond donors (Lipinski definition) is 1. The van der Waals surface area contributed by atoms with Crippen LogP contribution >= 0.6 is 0 Å². The molecule has 1 heterocycles. The molecular formula is C12H23N3. The first-order chi connectivity index (χ1) is 7.15. The van der Waals surface area contributed by atoms with Crippen LogP contribution in [0.15, 0.2) is 6.20 Å². The second-order valence-electron chi connectivity index (χ2n) is 4.37. The zero-order chi connectivity index (χ0) is 11.3. The Kier molecular flexibility index (Phi) is 4.82. The quantitative estimate of drug-likeness (QED) is 0.780. The van der Waals surface area contributed by atoms with Crippen molar-refractivity contribution in [2.75, 3.05) is 0 Å². The highest BCUT2D eigenvalue weighted by molar-refractivity contribution is 5.15. The van der Waals surface area contributed by atoms with E-state index >= 15 is 0 Å². The normalized spacial score (nSPS) is 11.3. The molecule has 0 radical (unpaired) electrons. The Labute approximate surface area is 92.9 Å². The van der Waals surface area contributed by atoms with Gasteiger partial charge in [0.1, 0.15) is 0 Å². The van der Waals surface area contributed by atoms with E-state index in [0.29, 0.717) is 6.04 Å². The predicted molar refractivity (Wildman–Crippen MR) is 63.8 cm³/mol. The van der Waals surface area contributed by atoms with Crippen LogP contribution in [-0.2, 0) is 13.1 Å². The fraction of sp³-hybridized carbons (Fsp3) is 0.750. The maximum absolute atomic E-state index is 4.41. The molecule has 0 bridgehead atoms. The molecule has 0 atom stereocenters. The monoisotopic (exact) mass is 209 g/mol. The second-order valence-corrected chi connectivity index (χ2v) is 4.37. The third kappa shape index (κ3) is 3.67. The minimum absolute atomic E-state index is 0.531. The average molecular weight is 209 g/mol. The fourth-order valence-electron chi connectivity index (χ4n) is 1.51. The Morgan fingerprint density at radius 3 is 2.80 bits per heavy atom. The van der Waals surface area contributed by atoms with Gasteiger partial charge in [0.25, 0.3) is 0 Å². The van der Waals surface area contributed by atoms with Crippen LogP contribution in [0.4, 0.5) is 0 Å². The number of rotatable bonds is 6. The van der Waals surface area contributed by atoms with Gasteiger partial charge in [-0.3, -0.25) is 4.68 Å². The molecule has 1 N–H and O–H groups in total. The van der Waals surface area contributed by atoms with Crippen LogP contribution in [0.3, 0.4) is 0 Å². The topological polar surface area (TPSA) is 29.9 Å². The second kappa shape index (κ2) is 5.91. The van der Waals surface area contributed by atoms with Gasteiger partial charge >= 0.3 is 0 Å². The van der Waals surface area contributed by atoms with Gasteiger partial charge in [-0.05, 0) is 13.3 Å². The van der Waals surface area contributed by atoms with Gasteiger partial charge < -0.3 is 5.32 Å². The molecule has 0 aliphatic carbocycles. The first-order valence-corrected chi connectivity index (χ1v) is 5.89. The van der Waals surface area contributed by atoms with E-state index in [1.165, 1.54) is 24.1 Å². The molecule has 1 rings (SSSR count). The lowest BCUT2D eigenvalue weighted by Crippen LogP contribution is -2.22. The summed E-state index contributed by atoms with van der Waals surface area (Å²) >= 11 is 0. The van der Waals surface area contributed by atoms with Crippen LogP contribution in [0.1, 0.15) is 44.9 Å². The number of hydrogen-bond acceptors (Lipinski definition) is 2. The maximum atomic E-state index is 4.41. The Morgan fingerprint density at radius 1 is 1.47 bits per heavy atom. The Balaban J connectivity index is 2.54. The van der Waals surface area contributed by atoms with Gasteiger partial charge in [-0.15, -0.1) is 0 Å². The Bertz CT molecular complexity index is 289. The molecule has 0 saturated heterocycles. The van der Waals surface area contributed by atoms with E-state index in [9.17, 15) is 0 Å². The van der Waals surface area contributed by atoms with Crippen molar-refractivity contribution >= 4 is 0 Å². The van der Waals surface area contributed by atoms with Crippen LogP contribution in [0.25, 0.3) is 0 Å². The molecular weight excluding hydrogens is 186 g/mol. The lowest BCUT2D eigenvalue weighted by molar-refractivity contribution is 0.554. The minimum Gasteiger partial charge on any atom is -0.310 e. The van der Waals surface area contributed by atoms with Crippen molar-refractivity contribution in [1.82, 2.24) is 15.1 Å². The Morgan fingerprint density at radius 2 is 2.20 bits per heavy atom. The van der Waals surface area contributed by atoms with E-state index in [4.69, 9.17) is 0 Å². The largest absolute Gasteiger partial charge is 0.310 e. The van der Waals surface area contributed by atoms with Crippen molar-refractivity contribution in [1.29, 1.82) is 0 Å². The summed E-state index contributed by atoms with van der Waals surface area (Å²) in [7, 11) is 0. The van der Waals surface area contributed by atoms with Crippen LogP contribution in [0.2, 0.25) is 0 Å². The standard InChI is InChI=1S/C12H23N3/c1-5-6-7-15-11(4)12(9-14-15)8-13-10(2)3/h9-10,13H,5-8H2,1-4H3. The van der Waals surface area contributed by atoms with E-state index in [1.807, 2.05) is 6.20 Å². The highest BCUT2D eigenvalue weighted by Gasteiger charge is 2.05. The third-order valence-electron chi connectivity index (χ3n) is 2.63. The van der Waals surface area contributed by atoms with Gasteiger partial charge in [-0.2, -0.15) is 5.10 Å². The lowest BCUT2D eigenvalue weighted by atomic mass is 10.2. The summed E-state index contributed by atoms with van der Waals surface area (Å²) < 4.78 is 2.11. The highest BCUT2D eigenvalue weighted by atomic mass is 15.3. The molecule has 0 aromatic carbocycles. The van der Waals surface area contributed by atoms with Gasteiger partial charge in [0, 0.05) is 30.4 Å². The van der Waals surface area contributed by atoms with Crippen LogP contribution in [0, 0.1) is 6.92 Å². The summed E-state index contributed by atoms with van der Waals surface area (Å²) in [6.45, 7) is 10.7. The highest BCUT2D eigenvalue weighted by Crippen LogP contribution is 2.08. The SMILES string of the molecule is CCCCn1ncc(CNC(C)C)c1C. The first kappa shape index (κ1) is 12.2. The molecule has 0 aliphatic heterocycles. The minimum atomic E-state index is 0.531. The molecule has 0 aliphatic rings. The summed E-state index contributed by atoms with van der Waals surface area (Å²) in [4.78, 5) is 0. The molecule has 3 heteroatoms. The molecule has 86 valence electrons. The molecule has 3 nitrogen and oxygen atoms in total. The number of aryl methyl sites for hydroxylation is 1. The average Bonchev–Trinajstić information content (AvgIpc) is 2.54. The summed E-state index contributed by atoms with van der Waals surface area (Å²) in [5.41, 5.74) is 2.62. The van der Waals surface area contributed by atoms with Crippen LogP contribution in [0.5, 0.6) is 0 Å². The summed E-state index contributed by atoms with van der Waals surface area (Å²) in [6, 6.07) is 0.531. The van der Waals surface area contributed by atoms with Crippen molar-refractivity contribution in [3.8, 4) is 0 Å². The molecule has 0 amide bonds. The zero-order valence-electron chi connectivity index (χ0n) is 10.4. The van der Waals surface area contributed by atoms with Crippen molar-refractivity contribution in [2.45, 2.75) is 59.7 Å². The number of nitrogens with zero attached hydrogens (tertiary/aromatic N) is 2. The molecule has 0 unspecified atom stereocenters. The summed E-state index contributed by atoms with van der Waals surface area (Å²) in [5, 5.41) is 7.83. The van der Waals surface area contributed by atoms with Gasteiger partial charge in [0.15, 0.2) is 0 Å². The molecule has 1 aromatic rings. The number of nitrogens with one attached hydrogen (secondary N) is 1. The van der Waals surface area contributed by atoms with Crippen molar-refractivity contribution in [3.63, 3.8) is 0 Å². The molecule has 0 saturated carbocycles. The van der Waals surface area contributed by atoms with Crippen molar-refractivity contribution in [2.24, 2.45) is 0 Å². The third-order valence-corrected chi connectivity index (χ3v) is 2.63. The predicted octanol–water partition coefficient (Wildman–Crippen LogP) is 2.49. The summed E-state index contributed by atoms with van der Waals surface area (Å²) in [6.07, 6.45) is 4.42. The van der Waals surface area contributed by atoms with Gasteiger partial charge in [0.05, 0.1) is 6.20 Å². The molecule has 0 spiro atoms. The van der Waals surface area contributed by atoms with Gasteiger partial charge in [-0.1, -0.05) is 27.2 Å². The van der Waals surface area contributed by atoms with E-state index in [0.717, 1.165) is 13.1 Å². The summed E-state index contributed by atoms with van der Waals surface area (Å²) in [5.74, 6) is 0. The molecule has 0 fully saturated rings. The van der Waals surface area contributed by atoms with Crippen molar-refractivity contribution < 1.29 is 0 Å². The van der Waals surface area contributed by atoms with Crippen LogP contribution < -0.4 is 5.32 Å². The lowest BCUT2D eigenvalue weighted by Gasteiger charge is -2.08. The number of unbranched alkanes of at least 4 members (excludes halogenated alkanes) is 1. The molecule has 15 heavy (non-hydrogen) atoms. The fourth-order valence-corrected chi connectivity index (χ4v) is 1.51. The van der Waals surface area contributed by atoms with Gasteiger partial charge in [0.2, 0.25) is 0 Å².